The van der Waals surface area contributed by atoms with Crippen LogP contribution in [0.4, 0.5) is 0 Å². The first-order chi connectivity index (χ1) is 11.6. The number of carbonyl (C=O) groups is 1. The maximum Gasteiger partial charge on any atom is 0.235 e. The van der Waals surface area contributed by atoms with Crippen molar-refractivity contribution < 1.29 is 13.9 Å². The van der Waals surface area contributed by atoms with E-state index in [1.807, 2.05) is 24.3 Å². The van der Waals surface area contributed by atoms with Crippen LogP contribution < -0.4 is 10.1 Å². The number of hydrogen-bond acceptors (Lipinski definition) is 5. The van der Waals surface area contributed by atoms with Crippen molar-refractivity contribution in [2.75, 3.05) is 6.61 Å². The normalized spacial score (nSPS) is 14.0. The maximum atomic E-state index is 12.0. The van der Waals surface area contributed by atoms with Crippen molar-refractivity contribution in [3.63, 3.8) is 0 Å². The molecule has 1 aromatic carbocycles. The number of carbonyl (C=O) groups excluding carboxylic acids is 1. The Labute approximate surface area is 141 Å². The molecule has 0 saturated heterocycles. The molecule has 0 radical (unpaired) electrons. The lowest BCUT2D eigenvalue weighted by atomic mass is 10.1. The third-order valence-corrected chi connectivity index (χ3v) is 3.72. The summed E-state index contributed by atoms with van der Waals surface area (Å²) >= 11 is 0. The van der Waals surface area contributed by atoms with E-state index >= 15 is 0 Å². The third kappa shape index (κ3) is 4.81. The monoisotopic (exact) mass is 329 g/mol. The number of rotatable bonds is 8. The molecule has 6 heteroatoms. The van der Waals surface area contributed by atoms with Crippen LogP contribution in [0.5, 0.6) is 5.75 Å². The van der Waals surface area contributed by atoms with E-state index in [-0.39, 0.29) is 12.5 Å². The molecular formula is C18H23N3O3. The maximum absolute atomic E-state index is 12.0. The highest BCUT2D eigenvalue weighted by atomic mass is 16.5. The number of ether oxygens (including phenoxy) is 1. The summed E-state index contributed by atoms with van der Waals surface area (Å²) in [4.78, 5) is 12.0. The van der Waals surface area contributed by atoms with Crippen LogP contribution in [-0.4, -0.2) is 22.7 Å². The summed E-state index contributed by atoms with van der Waals surface area (Å²) in [6.45, 7) is 5.17. The lowest BCUT2D eigenvalue weighted by Crippen LogP contribution is -2.24. The van der Waals surface area contributed by atoms with Gasteiger partial charge in [0.25, 0.3) is 0 Å². The van der Waals surface area contributed by atoms with E-state index in [0.29, 0.717) is 36.6 Å². The Morgan fingerprint density at radius 2 is 2.04 bits per heavy atom. The van der Waals surface area contributed by atoms with E-state index < -0.39 is 0 Å². The van der Waals surface area contributed by atoms with Gasteiger partial charge < -0.3 is 14.5 Å². The van der Waals surface area contributed by atoms with Crippen molar-refractivity contribution in [2.24, 2.45) is 5.92 Å². The molecule has 3 rings (SSSR count). The summed E-state index contributed by atoms with van der Waals surface area (Å²) in [6.07, 6.45) is 2.55. The van der Waals surface area contributed by atoms with Gasteiger partial charge in [-0.15, -0.1) is 10.2 Å². The van der Waals surface area contributed by atoms with Gasteiger partial charge in [-0.05, 0) is 36.5 Å². The van der Waals surface area contributed by atoms with Crippen molar-refractivity contribution in [2.45, 2.75) is 45.6 Å². The van der Waals surface area contributed by atoms with Crippen LogP contribution in [0, 0.1) is 5.92 Å². The van der Waals surface area contributed by atoms with Gasteiger partial charge in [0.1, 0.15) is 5.75 Å². The number of benzene rings is 1. The zero-order chi connectivity index (χ0) is 16.9. The van der Waals surface area contributed by atoms with Gasteiger partial charge in [-0.1, -0.05) is 26.0 Å². The predicted octanol–water partition coefficient (Wildman–Crippen LogP) is 2.84. The Bertz CT molecular complexity index is 675. The second kappa shape index (κ2) is 7.47. The molecule has 24 heavy (non-hydrogen) atoms. The van der Waals surface area contributed by atoms with Crippen molar-refractivity contribution in [3.05, 3.63) is 41.6 Å². The van der Waals surface area contributed by atoms with Gasteiger partial charge >= 0.3 is 0 Å². The second-order valence-corrected chi connectivity index (χ2v) is 6.61. The Morgan fingerprint density at radius 3 is 2.71 bits per heavy atom. The molecule has 128 valence electrons. The molecule has 6 nitrogen and oxygen atoms in total. The number of nitrogens with zero attached hydrogens (tertiary/aromatic N) is 2. The van der Waals surface area contributed by atoms with E-state index in [9.17, 15) is 4.79 Å². The first-order valence-electron chi connectivity index (χ1n) is 8.41. The summed E-state index contributed by atoms with van der Waals surface area (Å²) in [6, 6.07) is 7.61. The molecule has 0 aliphatic heterocycles. The molecule has 0 unspecified atom stereocenters. The van der Waals surface area contributed by atoms with Gasteiger partial charge in [0.15, 0.2) is 0 Å². The second-order valence-electron chi connectivity index (χ2n) is 6.61. The van der Waals surface area contributed by atoms with E-state index in [4.69, 9.17) is 9.15 Å². The predicted molar refractivity (Wildman–Crippen MR) is 88.6 cm³/mol. The molecule has 1 N–H and O–H groups in total. The fourth-order valence-electron chi connectivity index (χ4n) is 2.22. The topological polar surface area (TPSA) is 77.2 Å². The van der Waals surface area contributed by atoms with Crippen molar-refractivity contribution in [3.8, 4) is 5.75 Å². The molecule has 1 aliphatic carbocycles. The Balaban J connectivity index is 1.43. The van der Waals surface area contributed by atoms with Crippen LogP contribution in [-0.2, 0) is 17.8 Å². The molecule has 1 aromatic heterocycles. The molecule has 0 atom stereocenters. The summed E-state index contributed by atoms with van der Waals surface area (Å²) in [5, 5.41) is 10.8. The van der Waals surface area contributed by atoms with Gasteiger partial charge in [0.05, 0.1) is 19.6 Å². The van der Waals surface area contributed by atoms with Crippen LogP contribution in [0.15, 0.2) is 28.7 Å². The number of amides is 1. The summed E-state index contributed by atoms with van der Waals surface area (Å²) in [5.74, 6) is 2.82. The van der Waals surface area contributed by atoms with Crippen LogP contribution in [0.2, 0.25) is 0 Å². The first kappa shape index (κ1) is 16.5. The Morgan fingerprint density at radius 1 is 1.29 bits per heavy atom. The average Bonchev–Trinajstić information content (AvgIpc) is 3.31. The zero-order valence-electron chi connectivity index (χ0n) is 14.1. The standard InChI is InChI=1S/C18H23N3O3/c1-12(2)11-23-15-7-3-13(4-8-15)9-16(22)19-10-17-20-21-18(24-17)14-5-6-14/h3-4,7-8,12,14H,5-6,9-11H2,1-2H3,(H,19,22). The van der Waals surface area contributed by atoms with Crippen LogP contribution in [0.1, 0.15) is 50.0 Å². The summed E-state index contributed by atoms with van der Waals surface area (Å²) in [7, 11) is 0. The fraction of sp³-hybridized carbons (Fsp3) is 0.500. The molecule has 0 bridgehead atoms. The van der Waals surface area contributed by atoms with Crippen molar-refractivity contribution in [1.82, 2.24) is 15.5 Å². The minimum atomic E-state index is -0.0722. The van der Waals surface area contributed by atoms with Gasteiger partial charge in [-0.25, -0.2) is 0 Å². The Hall–Kier alpha value is -2.37. The molecule has 1 fully saturated rings. The Kier molecular flexibility index (Phi) is 5.13. The van der Waals surface area contributed by atoms with Gasteiger partial charge in [0.2, 0.25) is 17.7 Å². The largest absolute Gasteiger partial charge is 0.493 e. The van der Waals surface area contributed by atoms with E-state index in [2.05, 4.69) is 29.4 Å². The fourth-order valence-corrected chi connectivity index (χ4v) is 2.22. The van der Waals surface area contributed by atoms with E-state index in [1.165, 1.54) is 0 Å². The zero-order valence-corrected chi connectivity index (χ0v) is 14.1. The molecule has 1 heterocycles. The lowest BCUT2D eigenvalue weighted by Gasteiger charge is -2.09. The molecular weight excluding hydrogens is 306 g/mol. The van der Waals surface area contributed by atoms with Crippen LogP contribution in [0.25, 0.3) is 0 Å². The first-order valence-corrected chi connectivity index (χ1v) is 8.41. The molecule has 0 spiro atoms. The highest BCUT2D eigenvalue weighted by Gasteiger charge is 2.29. The van der Waals surface area contributed by atoms with Crippen LogP contribution >= 0.6 is 0 Å². The van der Waals surface area contributed by atoms with Gasteiger partial charge in [-0.2, -0.15) is 0 Å². The van der Waals surface area contributed by atoms with Gasteiger partial charge in [-0.3, -0.25) is 4.79 Å². The lowest BCUT2D eigenvalue weighted by molar-refractivity contribution is -0.120. The van der Waals surface area contributed by atoms with Crippen molar-refractivity contribution >= 4 is 5.91 Å². The number of hydrogen-bond donors (Lipinski definition) is 1. The van der Waals surface area contributed by atoms with E-state index in [0.717, 1.165) is 24.2 Å². The summed E-state index contributed by atoms with van der Waals surface area (Å²) < 4.78 is 11.1. The SMILES string of the molecule is CC(C)COc1ccc(CC(=O)NCc2nnc(C3CC3)o2)cc1. The van der Waals surface area contributed by atoms with Crippen LogP contribution in [0.3, 0.4) is 0 Å². The molecule has 1 amide bonds. The smallest absolute Gasteiger partial charge is 0.235 e. The van der Waals surface area contributed by atoms with Crippen molar-refractivity contribution in [1.29, 1.82) is 0 Å². The van der Waals surface area contributed by atoms with Gasteiger partial charge in [0, 0.05) is 5.92 Å². The number of nitrogens with one attached hydrogen (secondary N) is 1. The molecule has 1 saturated carbocycles. The molecule has 1 aliphatic rings. The van der Waals surface area contributed by atoms with E-state index in [1.54, 1.807) is 0 Å². The number of aromatic nitrogens is 2. The highest BCUT2D eigenvalue weighted by Crippen LogP contribution is 2.38. The summed E-state index contributed by atoms with van der Waals surface area (Å²) in [5.41, 5.74) is 0.939. The minimum absolute atomic E-state index is 0.0722. The quantitative estimate of drug-likeness (QED) is 0.806. The highest BCUT2D eigenvalue weighted by molar-refractivity contribution is 5.78. The molecule has 2 aromatic rings. The third-order valence-electron chi connectivity index (χ3n) is 3.72. The average molecular weight is 329 g/mol. The minimum Gasteiger partial charge on any atom is -0.493 e.